The van der Waals surface area contributed by atoms with Gasteiger partial charge in [0.15, 0.2) is 0 Å². The standard InChI is InChI=1S/C12H23N3O/c1-6-15-9-10(8-13-15)7-11(16)12(2,3)14(4)5/h8-9,11,16H,6-7H2,1-5H3. The molecule has 0 bridgehead atoms. The lowest BCUT2D eigenvalue weighted by Crippen LogP contribution is -2.49. The average molecular weight is 225 g/mol. The highest BCUT2D eigenvalue weighted by Gasteiger charge is 2.30. The molecule has 0 spiro atoms. The summed E-state index contributed by atoms with van der Waals surface area (Å²) in [6, 6.07) is 0. The number of nitrogens with zero attached hydrogens (tertiary/aromatic N) is 3. The molecule has 0 saturated heterocycles. The number of rotatable bonds is 5. The van der Waals surface area contributed by atoms with Crippen LogP contribution in [0.25, 0.3) is 0 Å². The second-order valence-corrected chi connectivity index (χ2v) is 4.97. The number of hydrogen-bond acceptors (Lipinski definition) is 3. The molecule has 1 unspecified atom stereocenters. The van der Waals surface area contributed by atoms with Crippen molar-refractivity contribution in [2.45, 2.75) is 45.4 Å². The van der Waals surface area contributed by atoms with E-state index >= 15 is 0 Å². The van der Waals surface area contributed by atoms with E-state index in [0.717, 1.165) is 12.1 Å². The first kappa shape index (κ1) is 13.2. The number of hydrogen-bond donors (Lipinski definition) is 1. The molecule has 1 atom stereocenters. The van der Waals surface area contributed by atoms with E-state index in [-0.39, 0.29) is 5.54 Å². The summed E-state index contributed by atoms with van der Waals surface area (Å²) in [5.74, 6) is 0. The number of likely N-dealkylation sites (N-methyl/N-ethyl adjacent to an activating group) is 1. The predicted molar refractivity (Wildman–Crippen MR) is 65.4 cm³/mol. The first-order chi connectivity index (χ1) is 7.37. The lowest BCUT2D eigenvalue weighted by Gasteiger charge is -2.37. The Morgan fingerprint density at radius 3 is 2.56 bits per heavy atom. The molecule has 92 valence electrons. The summed E-state index contributed by atoms with van der Waals surface area (Å²) < 4.78 is 1.88. The summed E-state index contributed by atoms with van der Waals surface area (Å²) >= 11 is 0. The summed E-state index contributed by atoms with van der Waals surface area (Å²) in [5.41, 5.74) is 0.859. The molecule has 0 amide bonds. The summed E-state index contributed by atoms with van der Waals surface area (Å²) in [6.07, 6.45) is 4.08. The Morgan fingerprint density at radius 2 is 2.12 bits per heavy atom. The van der Waals surface area contributed by atoms with Crippen molar-refractivity contribution in [1.29, 1.82) is 0 Å². The van der Waals surface area contributed by atoms with Gasteiger partial charge in [-0.3, -0.25) is 4.68 Å². The van der Waals surface area contributed by atoms with E-state index in [4.69, 9.17) is 0 Å². The zero-order valence-corrected chi connectivity index (χ0v) is 10.9. The number of aryl methyl sites for hydroxylation is 1. The Morgan fingerprint density at radius 1 is 1.50 bits per heavy atom. The highest BCUT2D eigenvalue weighted by atomic mass is 16.3. The SMILES string of the molecule is CCn1cc(CC(O)C(C)(C)N(C)C)cn1. The molecule has 4 heteroatoms. The van der Waals surface area contributed by atoms with Crippen molar-refractivity contribution in [2.24, 2.45) is 0 Å². The molecule has 0 aromatic carbocycles. The Hall–Kier alpha value is -0.870. The normalized spacial score (nSPS) is 14.4. The number of aliphatic hydroxyl groups is 1. The molecule has 1 aromatic rings. The minimum absolute atomic E-state index is 0.228. The van der Waals surface area contributed by atoms with Crippen molar-refractivity contribution in [2.75, 3.05) is 14.1 Å². The molecule has 4 nitrogen and oxygen atoms in total. The van der Waals surface area contributed by atoms with Gasteiger partial charge in [0.2, 0.25) is 0 Å². The fourth-order valence-corrected chi connectivity index (χ4v) is 1.46. The largest absolute Gasteiger partial charge is 0.391 e. The summed E-state index contributed by atoms with van der Waals surface area (Å²) in [7, 11) is 3.97. The topological polar surface area (TPSA) is 41.3 Å². The van der Waals surface area contributed by atoms with E-state index in [9.17, 15) is 5.11 Å². The highest BCUT2D eigenvalue weighted by molar-refractivity contribution is 5.07. The highest BCUT2D eigenvalue weighted by Crippen LogP contribution is 2.19. The minimum Gasteiger partial charge on any atom is -0.391 e. The van der Waals surface area contributed by atoms with Crippen molar-refractivity contribution < 1.29 is 5.11 Å². The van der Waals surface area contributed by atoms with Crippen LogP contribution in [0.4, 0.5) is 0 Å². The van der Waals surface area contributed by atoms with Gasteiger partial charge in [-0.05, 0) is 40.4 Å². The predicted octanol–water partition coefficient (Wildman–Crippen LogP) is 1.15. The van der Waals surface area contributed by atoms with Gasteiger partial charge in [-0.1, -0.05) is 0 Å². The molecule has 1 N–H and O–H groups in total. The van der Waals surface area contributed by atoms with Gasteiger partial charge in [-0.2, -0.15) is 5.10 Å². The average Bonchev–Trinajstić information content (AvgIpc) is 2.65. The van der Waals surface area contributed by atoms with Crippen molar-refractivity contribution in [3.05, 3.63) is 18.0 Å². The fourth-order valence-electron chi connectivity index (χ4n) is 1.46. The van der Waals surface area contributed by atoms with Gasteiger partial charge in [0.05, 0.1) is 12.3 Å². The second-order valence-electron chi connectivity index (χ2n) is 4.97. The minimum atomic E-state index is -0.392. The molecule has 1 rings (SSSR count). The first-order valence-electron chi connectivity index (χ1n) is 5.74. The third-order valence-electron chi connectivity index (χ3n) is 3.41. The van der Waals surface area contributed by atoms with Crippen LogP contribution in [-0.4, -0.2) is 45.5 Å². The van der Waals surface area contributed by atoms with Crippen molar-refractivity contribution >= 4 is 0 Å². The molecule has 0 saturated carbocycles. The lowest BCUT2D eigenvalue weighted by molar-refractivity contribution is 0.0182. The van der Waals surface area contributed by atoms with Gasteiger partial charge in [-0.25, -0.2) is 0 Å². The smallest absolute Gasteiger partial charge is 0.0759 e. The van der Waals surface area contributed by atoms with Crippen LogP contribution in [0.1, 0.15) is 26.3 Å². The van der Waals surface area contributed by atoms with Crippen LogP contribution in [0.2, 0.25) is 0 Å². The van der Waals surface area contributed by atoms with E-state index in [1.54, 1.807) is 0 Å². The van der Waals surface area contributed by atoms with E-state index in [2.05, 4.69) is 12.0 Å². The van der Waals surface area contributed by atoms with Gasteiger partial charge >= 0.3 is 0 Å². The van der Waals surface area contributed by atoms with Crippen LogP contribution in [0.5, 0.6) is 0 Å². The quantitative estimate of drug-likeness (QED) is 0.817. The van der Waals surface area contributed by atoms with Crippen LogP contribution in [-0.2, 0) is 13.0 Å². The number of aromatic nitrogens is 2. The van der Waals surface area contributed by atoms with Gasteiger partial charge in [-0.15, -0.1) is 0 Å². The zero-order chi connectivity index (χ0) is 12.3. The maximum Gasteiger partial charge on any atom is 0.0759 e. The maximum atomic E-state index is 10.2. The molecule has 0 fully saturated rings. The molecular weight excluding hydrogens is 202 g/mol. The van der Waals surface area contributed by atoms with Crippen LogP contribution in [0.3, 0.4) is 0 Å². The molecule has 1 heterocycles. The Kier molecular flexibility index (Phi) is 4.10. The lowest BCUT2D eigenvalue weighted by atomic mass is 9.92. The maximum absolute atomic E-state index is 10.2. The van der Waals surface area contributed by atoms with Crippen LogP contribution < -0.4 is 0 Å². The van der Waals surface area contributed by atoms with Crippen LogP contribution in [0, 0.1) is 0 Å². The third-order valence-corrected chi connectivity index (χ3v) is 3.41. The summed E-state index contributed by atoms with van der Waals surface area (Å²) in [4.78, 5) is 2.04. The van der Waals surface area contributed by atoms with Gasteiger partial charge < -0.3 is 10.0 Å². The second kappa shape index (κ2) is 4.97. The Bertz CT molecular complexity index is 331. The van der Waals surface area contributed by atoms with E-state index in [0.29, 0.717) is 6.42 Å². The zero-order valence-electron chi connectivity index (χ0n) is 10.9. The molecule has 0 aliphatic rings. The van der Waals surface area contributed by atoms with E-state index < -0.39 is 6.10 Å². The van der Waals surface area contributed by atoms with Gasteiger partial charge in [0, 0.05) is 24.7 Å². The molecule has 1 aromatic heterocycles. The summed E-state index contributed by atoms with van der Waals surface area (Å²) in [5, 5.41) is 14.4. The van der Waals surface area contributed by atoms with Crippen LogP contribution >= 0.6 is 0 Å². The molecule has 0 aliphatic carbocycles. The van der Waals surface area contributed by atoms with Crippen molar-refractivity contribution in [1.82, 2.24) is 14.7 Å². The Labute approximate surface area is 97.9 Å². The fraction of sp³-hybridized carbons (Fsp3) is 0.750. The third kappa shape index (κ3) is 2.83. The molecule has 16 heavy (non-hydrogen) atoms. The summed E-state index contributed by atoms with van der Waals surface area (Å²) in [6.45, 7) is 7.01. The van der Waals surface area contributed by atoms with Crippen molar-refractivity contribution in [3.63, 3.8) is 0 Å². The first-order valence-corrected chi connectivity index (χ1v) is 5.74. The van der Waals surface area contributed by atoms with Gasteiger partial charge in [0.25, 0.3) is 0 Å². The van der Waals surface area contributed by atoms with Crippen LogP contribution in [0.15, 0.2) is 12.4 Å². The molecule has 0 radical (unpaired) electrons. The van der Waals surface area contributed by atoms with Gasteiger partial charge in [0.1, 0.15) is 0 Å². The number of aliphatic hydroxyl groups excluding tert-OH is 1. The monoisotopic (exact) mass is 225 g/mol. The van der Waals surface area contributed by atoms with E-state index in [1.807, 2.05) is 49.9 Å². The van der Waals surface area contributed by atoms with E-state index in [1.165, 1.54) is 0 Å². The molecular formula is C12H23N3O. The van der Waals surface area contributed by atoms with Crippen molar-refractivity contribution in [3.8, 4) is 0 Å². The Balaban J connectivity index is 2.67. The molecule has 0 aliphatic heterocycles.